The lowest BCUT2D eigenvalue weighted by molar-refractivity contribution is 0.101. The fourth-order valence-corrected chi connectivity index (χ4v) is 2.34. The van der Waals surface area contributed by atoms with Gasteiger partial charge in [0.15, 0.2) is 11.2 Å². The third-order valence-electron chi connectivity index (χ3n) is 3.57. The summed E-state index contributed by atoms with van der Waals surface area (Å²) in [4.78, 5) is 15.0. The average molecular weight is 295 g/mol. The number of furan rings is 1. The molecule has 2 aromatic rings. The summed E-state index contributed by atoms with van der Waals surface area (Å²) >= 11 is 0. The number of hydrogen-bond acceptors (Lipinski definition) is 3. The maximum Gasteiger partial charge on any atom is 0.160 e. The molecule has 0 fully saturated rings. The van der Waals surface area contributed by atoms with E-state index in [4.69, 9.17) is 4.42 Å². The van der Waals surface area contributed by atoms with Gasteiger partial charge in [-0.25, -0.2) is 0 Å². The largest absolute Gasteiger partial charge is 0.462 e. The number of nitrogens with zero attached hydrogens (tertiary/aromatic N) is 1. The van der Waals surface area contributed by atoms with Crippen LogP contribution in [0.25, 0.3) is 12.3 Å². The molecule has 1 aromatic carbocycles. The highest BCUT2D eigenvalue weighted by Crippen LogP contribution is 2.06. The first-order valence-electron chi connectivity index (χ1n) is 7.48. The van der Waals surface area contributed by atoms with Crippen LogP contribution < -0.4 is 10.6 Å². The predicted molar refractivity (Wildman–Crippen MR) is 90.6 cm³/mol. The number of ketones is 1. The maximum atomic E-state index is 10.9. The number of carbonyl (C=O) groups excluding carboxylic acids is 1. The van der Waals surface area contributed by atoms with Gasteiger partial charge in [-0.3, -0.25) is 9.79 Å². The van der Waals surface area contributed by atoms with Crippen molar-refractivity contribution in [2.75, 3.05) is 0 Å². The molecule has 0 radical (unpaired) electrons. The van der Waals surface area contributed by atoms with Crippen LogP contribution in [0.5, 0.6) is 0 Å². The quantitative estimate of drug-likeness (QED) is 0.799. The minimum atomic E-state index is 0.137. The normalized spacial score (nSPS) is 12.1. The molecule has 3 rings (SSSR count). The molecule has 1 aliphatic rings. The van der Waals surface area contributed by atoms with Crippen molar-refractivity contribution in [3.05, 3.63) is 57.9 Å². The summed E-state index contributed by atoms with van der Waals surface area (Å²) in [5.74, 6) is 0.137. The van der Waals surface area contributed by atoms with E-state index in [1.54, 1.807) is 13.1 Å². The van der Waals surface area contributed by atoms with E-state index < -0.39 is 0 Å². The molecular formula is C19H21NO2. The van der Waals surface area contributed by atoms with Gasteiger partial charge in [-0.2, -0.15) is 0 Å². The fourth-order valence-electron chi connectivity index (χ4n) is 2.34. The Labute approximate surface area is 130 Å². The monoisotopic (exact) mass is 295 g/mol. The van der Waals surface area contributed by atoms with E-state index >= 15 is 0 Å². The van der Waals surface area contributed by atoms with Crippen LogP contribution in [-0.2, 0) is 6.42 Å². The SMILES string of the molecule is CC(=O)c1ccccc1C.CCc1coc2c1=CCC=NC=2. The zero-order valence-electron chi connectivity index (χ0n) is 13.3. The van der Waals surface area contributed by atoms with Crippen LogP contribution in [0.4, 0.5) is 0 Å². The average Bonchev–Trinajstić information content (AvgIpc) is 2.75. The number of benzene rings is 1. The maximum absolute atomic E-state index is 10.9. The molecule has 0 unspecified atom stereocenters. The fraction of sp³-hybridized carbons (Fsp3) is 0.263. The molecule has 1 aromatic heterocycles. The number of hydrogen-bond donors (Lipinski definition) is 0. The van der Waals surface area contributed by atoms with E-state index in [2.05, 4.69) is 18.0 Å². The zero-order chi connectivity index (χ0) is 15.9. The summed E-state index contributed by atoms with van der Waals surface area (Å²) in [5.41, 5.74) is 4.03. The number of rotatable bonds is 2. The molecule has 2 heterocycles. The van der Waals surface area contributed by atoms with Gasteiger partial charge in [0, 0.05) is 23.4 Å². The number of Topliss-reactive ketones (excluding diaryl/α,β-unsaturated/α-hetero) is 1. The predicted octanol–water partition coefficient (Wildman–Crippen LogP) is 3.03. The standard InChI is InChI=1S/C10H11NO.C9H10O/c1-2-8-7-12-10-6-11-5-3-4-9(8)10;1-7-5-3-4-6-9(7)8(2)10/h4-7H,2-3H2,1H3;3-6H,1-2H3. The minimum Gasteiger partial charge on any atom is -0.462 e. The summed E-state index contributed by atoms with van der Waals surface area (Å²) in [6.45, 7) is 5.66. The Hall–Kier alpha value is -2.42. The molecule has 0 saturated carbocycles. The number of carbonyl (C=O) groups is 1. The van der Waals surface area contributed by atoms with Gasteiger partial charge in [0.25, 0.3) is 0 Å². The van der Waals surface area contributed by atoms with Crippen LogP contribution in [0.15, 0.2) is 39.9 Å². The van der Waals surface area contributed by atoms with E-state index in [0.717, 1.165) is 29.4 Å². The lowest BCUT2D eigenvalue weighted by atomic mass is 10.1. The van der Waals surface area contributed by atoms with Gasteiger partial charge in [-0.15, -0.1) is 0 Å². The molecule has 0 bridgehead atoms. The van der Waals surface area contributed by atoms with Gasteiger partial charge >= 0.3 is 0 Å². The van der Waals surface area contributed by atoms with Crippen LogP contribution >= 0.6 is 0 Å². The number of aryl methyl sites for hydroxylation is 2. The molecule has 3 nitrogen and oxygen atoms in total. The lowest BCUT2D eigenvalue weighted by Gasteiger charge is -1.97. The van der Waals surface area contributed by atoms with Crippen LogP contribution in [0, 0.1) is 6.92 Å². The van der Waals surface area contributed by atoms with Crippen LogP contribution in [0.1, 0.15) is 41.8 Å². The molecule has 0 amide bonds. The Morgan fingerprint density at radius 1 is 1.32 bits per heavy atom. The van der Waals surface area contributed by atoms with Crippen LogP contribution in [0.2, 0.25) is 0 Å². The van der Waals surface area contributed by atoms with Crippen molar-refractivity contribution in [3.63, 3.8) is 0 Å². The van der Waals surface area contributed by atoms with Crippen molar-refractivity contribution in [3.8, 4) is 0 Å². The molecule has 114 valence electrons. The highest BCUT2D eigenvalue weighted by Gasteiger charge is 2.00. The smallest absolute Gasteiger partial charge is 0.160 e. The Bertz CT molecular complexity index is 797. The Kier molecular flexibility index (Phi) is 5.48. The number of aliphatic imine (C=N–C) groups is 1. The summed E-state index contributed by atoms with van der Waals surface area (Å²) in [6, 6.07) is 7.60. The van der Waals surface area contributed by atoms with Crippen molar-refractivity contribution < 1.29 is 9.21 Å². The van der Waals surface area contributed by atoms with Crippen molar-refractivity contribution in [2.24, 2.45) is 4.99 Å². The van der Waals surface area contributed by atoms with E-state index in [1.807, 2.05) is 43.7 Å². The van der Waals surface area contributed by atoms with Crippen molar-refractivity contribution in [1.82, 2.24) is 0 Å². The van der Waals surface area contributed by atoms with Gasteiger partial charge in [-0.1, -0.05) is 37.3 Å². The third kappa shape index (κ3) is 3.82. The zero-order valence-corrected chi connectivity index (χ0v) is 13.3. The first-order chi connectivity index (χ1) is 10.6. The van der Waals surface area contributed by atoms with Crippen molar-refractivity contribution in [2.45, 2.75) is 33.6 Å². The van der Waals surface area contributed by atoms with E-state index in [9.17, 15) is 4.79 Å². The van der Waals surface area contributed by atoms with Gasteiger partial charge in [-0.05, 0) is 31.4 Å². The highest BCUT2D eigenvalue weighted by atomic mass is 16.3. The minimum absolute atomic E-state index is 0.137. The molecule has 0 N–H and O–H groups in total. The molecule has 22 heavy (non-hydrogen) atoms. The highest BCUT2D eigenvalue weighted by molar-refractivity contribution is 5.95. The van der Waals surface area contributed by atoms with Gasteiger partial charge in [0.2, 0.25) is 0 Å². The molecule has 0 aliphatic carbocycles. The van der Waals surface area contributed by atoms with E-state index in [1.165, 1.54) is 10.8 Å². The Balaban J connectivity index is 0.000000164. The molecule has 0 saturated heterocycles. The second kappa shape index (κ2) is 7.55. The lowest BCUT2D eigenvalue weighted by Crippen LogP contribution is -2.21. The summed E-state index contributed by atoms with van der Waals surface area (Å²) < 4.78 is 5.36. The van der Waals surface area contributed by atoms with Gasteiger partial charge in [0.05, 0.1) is 12.5 Å². The molecular weight excluding hydrogens is 274 g/mol. The first-order valence-corrected chi connectivity index (χ1v) is 7.48. The molecule has 0 atom stereocenters. The van der Waals surface area contributed by atoms with Gasteiger partial charge in [0.1, 0.15) is 0 Å². The molecule has 3 heteroatoms. The van der Waals surface area contributed by atoms with E-state index in [-0.39, 0.29) is 5.78 Å². The molecule has 1 aliphatic heterocycles. The topological polar surface area (TPSA) is 42.6 Å². The van der Waals surface area contributed by atoms with Crippen LogP contribution in [-0.4, -0.2) is 12.0 Å². The number of fused-ring (bicyclic) bond motifs is 1. The third-order valence-corrected chi connectivity index (χ3v) is 3.57. The Morgan fingerprint density at radius 3 is 2.73 bits per heavy atom. The second-order valence-corrected chi connectivity index (χ2v) is 5.16. The summed E-state index contributed by atoms with van der Waals surface area (Å²) in [7, 11) is 0. The van der Waals surface area contributed by atoms with Gasteiger partial charge < -0.3 is 4.42 Å². The summed E-state index contributed by atoms with van der Waals surface area (Å²) in [6.07, 6.45) is 9.55. The van der Waals surface area contributed by atoms with Crippen molar-refractivity contribution >= 4 is 24.3 Å². The van der Waals surface area contributed by atoms with Crippen LogP contribution in [0.3, 0.4) is 0 Å². The second-order valence-electron chi connectivity index (χ2n) is 5.16. The molecule has 0 spiro atoms. The summed E-state index contributed by atoms with van der Waals surface area (Å²) in [5, 5.41) is 1.22. The first kappa shape index (κ1) is 16.0. The van der Waals surface area contributed by atoms with Crippen molar-refractivity contribution in [1.29, 1.82) is 0 Å². The Morgan fingerprint density at radius 2 is 2.09 bits per heavy atom. The van der Waals surface area contributed by atoms with E-state index in [0.29, 0.717) is 0 Å².